The zero-order valence-electron chi connectivity index (χ0n) is 39.0. The van der Waals surface area contributed by atoms with Gasteiger partial charge in [-0.2, -0.15) is 0 Å². The first-order chi connectivity index (χ1) is 28.9. The summed E-state index contributed by atoms with van der Waals surface area (Å²) in [5, 5.41) is 0. The highest BCUT2D eigenvalue weighted by molar-refractivity contribution is 7.47. The van der Waals surface area contributed by atoms with Crippen LogP contribution < -0.4 is 5.73 Å². The summed E-state index contributed by atoms with van der Waals surface area (Å²) in [6.07, 6.45) is 54.9. The summed E-state index contributed by atoms with van der Waals surface area (Å²) >= 11 is 0. The number of phosphoric acid groups is 1. The van der Waals surface area contributed by atoms with Crippen LogP contribution in [-0.2, 0) is 27.9 Å². The number of nitrogens with two attached hydrogens (primary N) is 1. The van der Waals surface area contributed by atoms with Crippen LogP contribution >= 0.6 is 7.82 Å². The fraction of sp³-hybridized carbons (Fsp3) is 0.900. The molecule has 59 heavy (non-hydrogen) atoms. The molecular formula is C50H98NO7P. The van der Waals surface area contributed by atoms with Crippen LogP contribution in [-0.4, -0.2) is 49.9 Å². The first kappa shape index (κ1) is 58.0. The van der Waals surface area contributed by atoms with E-state index in [-0.39, 0.29) is 32.3 Å². The maximum absolute atomic E-state index is 12.6. The Kier molecular flexibility index (Phi) is 47.2. The lowest BCUT2D eigenvalue weighted by Gasteiger charge is -2.20. The number of esters is 1. The van der Waals surface area contributed by atoms with Gasteiger partial charge in [0.2, 0.25) is 0 Å². The molecule has 0 spiro atoms. The molecule has 0 aliphatic carbocycles. The van der Waals surface area contributed by atoms with E-state index in [9.17, 15) is 14.3 Å². The molecular weight excluding hydrogens is 758 g/mol. The van der Waals surface area contributed by atoms with Crippen LogP contribution in [0.15, 0.2) is 24.3 Å². The Bertz CT molecular complexity index is 962. The van der Waals surface area contributed by atoms with Crippen molar-refractivity contribution in [3.8, 4) is 0 Å². The normalized spacial score (nSPS) is 13.5. The number of ether oxygens (including phenoxy) is 2. The maximum Gasteiger partial charge on any atom is 0.472 e. The van der Waals surface area contributed by atoms with Crippen molar-refractivity contribution in [3.05, 3.63) is 24.3 Å². The van der Waals surface area contributed by atoms with Crippen LogP contribution in [0, 0.1) is 0 Å². The third kappa shape index (κ3) is 47.9. The molecule has 0 saturated heterocycles. The Labute approximate surface area is 366 Å². The van der Waals surface area contributed by atoms with Crippen LogP contribution in [0.4, 0.5) is 0 Å². The molecule has 0 fully saturated rings. The van der Waals surface area contributed by atoms with Gasteiger partial charge in [0.25, 0.3) is 0 Å². The zero-order chi connectivity index (χ0) is 43.0. The predicted molar refractivity (Wildman–Crippen MR) is 252 cm³/mol. The van der Waals surface area contributed by atoms with E-state index in [1.54, 1.807) is 0 Å². The van der Waals surface area contributed by atoms with Crippen LogP contribution in [0.5, 0.6) is 0 Å². The molecule has 0 aliphatic rings. The van der Waals surface area contributed by atoms with Crippen molar-refractivity contribution in [3.63, 3.8) is 0 Å². The van der Waals surface area contributed by atoms with Crippen LogP contribution in [0.25, 0.3) is 0 Å². The summed E-state index contributed by atoms with van der Waals surface area (Å²) in [5.74, 6) is -0.329. The summed E-state index contributed by atoms with van der Waals surface area (Å²) in [7, 11) is -4.28. The van der Waals surface area contributed by atoms with Crippen molar-refractivity contribution in [2.24, 2.45) is 5.73 Å². The quantitative estimate of drug-likeness (QED) is 0.0269. The molecule has 0 aliphatic heterocycles. The molecule has 0 heterocycles. The summed E-state index contributed by atoms with van der Waals surface area (Å²) < 4.78 is 33.6. The molecule has 9 heteroatoms. The van der Waals surface area contributed by atoms with Crippen molar-refractivity contribution in [2.45, 2.75) is 258 Å². The van der Waals surface area contributed by atoms with Gasteiger partial charge in [-0.25, -0.2) is 4.57 Å². The lowest BCUT2D eigenvalue weighted by molar-refractivity contribution is -0.154. The van der Waals surface area contributed by atoms with E-state index in [1.807, 2.05) is 0 Å². The second kappa shape index (κ2) is 48.0. The van der Waals surface area contributed by atoms with E-state index in [1.165, 1.54) is 199 Å². The standard InChI is InChI=1S/C50H98NO7P/c1-3-5-7-9-11-13-15-17-19-21-23-24-25-27-29-31-33-35-37-39-41-43-50(52)58-49(48-57-59(53,54)56-46-44-51)47-55-45-42-40-38-36-34-32-30-28-26-22-20-18-16-14-12-10-8-6-4-2/h20-23,49H,3-19,24-48,51H2,1-2H3,(H,53,54)/b22-20-,23-21-. The SMILES string of the molecule is CCCCCCCCC/C=C\CCCCCCCCCCOCC(COP(=O)(O)OCCN)OC(=O)CCCCCCCCCCC/C=C\CCCCCCCCCC. The molecule has 0 rings (SSSR count). The Morgan fingerprint density at radius 1 is 0.492 bits per heavy atom. The number of hydrogen-bond acceptors (Lipinski definition) is 7. The largest absolute Gasteiger partial charge is 0.472 e. The van der Waals surface area contributed by atoms with Crippen molar-refractivity contribution in [2.75, 3.05) is 33.0 Å². The molecule has 0 aromatic rings. The van der Waals surface area contributed by atoms with Crippen molar-refractivity contribution >= 4 is 13.8 Å². The van der Waals surface area contributed by atoms with Gasteiger partial charge in [0.1, 0.15) is 6.10 Å². The summed E-state index contributed by atoms with van der Waals surface area (Å²) in [5.41, 5.74) is 5.39. The minimum absolute atomic E-state index is 0.0947. The molecule has 0 aromatic heterocycles. The number of carbonyl (C=O) groups excluding carboxylic acids is 1. The van der Waals surface area contributed by atoms with Gasteiger partial charge in [-0.15, -0.1) is 0 Å². The van der Waals surface area contributed by atoms with Gasteiger partial charge in [0.15, 0.2) is 0 Å². The van der Waals surface area contributed by atoms with Gasteiger partial charge in [-0.3, -0.25) is 13.8 Å². The van der Waals surface area contributed by atoms with Crippen LogP contribution in [0.2, 0.25) is 0 Å². The highest BCUT2D eigenvalue weighted by Crippen LogP contribution is 2.43. The third-order valence-electron chi connectivity index (χ3n) is 11.1. The van der Waals surface area contributed by atoms with E-state index in [0.717, 1.165) is 32.1 Å². The van der Waals surface area contributed by atoms with E-state index in [0.29, 0.717) is 13.0 Å². The molecule has 2 unspecified atom stereocenters. The number of carbonyl (C=O) groups is 1. The number of rotatable bonds is 49. The molecule has 350 valence electrons. The number of allylic oxidation sites excluding steroid dienone is 4. The second-order valence-corrected chi connectivity index (χ2v) is 18.5. The first-order valence-electron chi connectivity index (χ1n) is 25.3. The minimum atomic E-state index is -4.28. The zero-order valence-corrected chi connectivity index (χ0v) is 39.9. The van der Waals surface area contributed by atoms with E-state index >= 15 is 0 Å². The summed E-state index contributed by atoms with van der Waals surface area (Å²) in [4.78, 5) is 22.6. The van der Waals surface area contributed by atoms with Gasteiger partial charge in [-0.1, -0.05) is 205 Å². The second-order valence-electron chi connectivity index (χ2n) is 17.0. The Hall–Kier alpha value is -1.02. The van der Waals surface area contributed by atoms with Gasteiger partial charge in [0.05, 0.1) is 19.8 Å². The topological polar surface area (TPSA) is 117 Å². The minimum Gasteiger partial charge on any atom is -0.457 e. The molecule has 8 nitrogen and oxygen atoms in total. The van der Waals surface area contributed by atoms with Crippen LogP contribution in [0.3, 0.4) is 0 Å². The fourth-order valence-electron chi connectivity index (χ4n) is 7.34. The molecule has 3 N–H and O–H groups in total. The van der Waals surface area contributed by atoms with Gasteiger partial charge in [-0.05, 0) is 64.2 Å². The predicted octanol–water partition coefficient (Wildman–Crippen LogP) is 15.6. The molecule has 0 bridgehead atoms. The molecule has 0 saturated carbocycles. The number of hydrogen-bond donors (Lipinski definition) is 2. The maximum atomic E-state index is 12.6. The monoisotopic (exact) mass is 856 g/mol. The van der Waals surface area contributed by atoms with Crippen molar-refractivity contribution < 1.29 is 32.8 Å². The lowest BCUT2D eigenvalue weighted by Crippen LogP contribution is -2.28. The molecule has 2 atom stereocenters. The Morgan fingerprint density at radius 2 is 0.847 bits per heavy atom. The Morgan fingerprint density at radius 3 is 1.24 bits per heavy atom. The van der Waals surface area contributed by atoms with Gasteiger partial charge < -0.3 is 20.1 Å². The van der Waals surface area contributed by atoms with Crippen LogP contribution in [0.1, 0.15) is 251 Å². The average molecular weight is 856 g/mol. The molecule has 0 radical (unpaired) electrons. The fourth-order valence-corrected chi connectivity index (χ4v) is 8.11. The van der Waals surface area contributed by atoms with Gasteiger partial charge in [0, 0.05) is 19.6 Å². The lowest BCUT2D eigenvalue weighted by atomic mass is 10.1. The first-order valence-corrected chi connectivity index (χ1v) is 26.8. The van der Waals surface area contributed by atoms with E-state index in [2.05, 4.69) is 38.2 Å². The molecule has 0 aromatic carbocycles. The van der Waals surface area contributed by atoms with Crippen molar-refractivity contribution in [1.29, 1.82) is 0 Å². The average Bonchev–Trinajstić information content (AvgIpc) is 3.23. The number of unbranched alkanes of at least 4 members (excludes halogenated alkanes) is 32. The highest BCUT2D eigenvalue weighted by Gasteiger charge is 2.25. The third-order valence-corrected chi connectivity index (χ3v) is 12.1. The molecule has 0 amide bonds. The van der Waals surface area contributed by atoms with E-state index in [4.69, 9.17) is 24.3 Å². The van der Waals surface area contributed by atoms with Gasteiger partial charge >= 0.3 is 13.8 Å². The number of phosphoric ester groups is 1. The smallest absolute Gasteiger partial charge is 0.457 e. The van der Waals surface area contributed by atoms with Crippen molar-refractivity contribution in [1.82, 2.24) is 0 Å². The Balaban J connectivity index is 3.94. The van der Waals surface area contributed by atoms with E-state index < -0.39 is 13.9 Å². The summed E-state index contributed by atoms with van der Waals surface area (Å²) in [6.45, 7) is 4.96. The highest BCUT2D eigenvalue weighted by atomic mass is 31.2. The summed E-state index contributed by atoms with van der Waals surface area (Å²) in [6, 6.07) is 0.